The average molecular weight is 347 g/mol. The second-order valence-corrected chi connectivity index (χ2v) is 5.82. The fraction of sp³-hybridized carbons (Fsp3) is 0.333. The third-order valence-corrected chi connectivity index (χ3v) is 4.08. The Bertz CT molecular complexity index is 708. The summed E-state index contributed by atoms with van der Waals surface area (Å²) in [5.41, 5.74) is 1.66. The van der Waals surface area contributed by atoms with Gasteiger partial charge in [0.1, 0.15) is 5.82 Å². The third kappa shape index (κ3) is 4.77. The van der Waals surface area contributed by atoms with E-state index in [1.807, 2.05) is 36.4 Å². The SMILES string of the molecule is C=CCN1CCN(Cc2cc(=O)[nH]c(-c3ccccc3)n2)CC1.Cl. The maximum atomic E-state index is 11.9. The van der Waals surface area contributed by atoms with Gasteiger partial charge in [-0.3, -0.25) is 14.6 Å². The number of nitrogens with one attached hydrogen (secondary N) is 1. The van der Waals surface area contributed by atoms with Gasteiger partial charge < -0.3 is 4.98 Å². The van der Waals surface area contributed by atoms with E-state index in [2.05, 4.69) is 26.3 Å². The first kappa shape index (κ1) is 18.4. The summed E-state index contributed by atoms with van der Waals surface area (Å²) in [7, 11) is 0. The van der Waals surface area contributed by atoms with Crippen molar-refractivity contribution in [1.29, 1.82) is 0 Å². The van der Waals surface area contributed by atoms with Crippen molar-refractivity contribution in [1.82, 2.24) is 19.8 Å². The van der Waals surface area contributed by atoms with Crippen LogP contribution in [0.15, 0.2) is 53.8 Å². The largest absolute Gasteiger partial charge is 0.307 e. The average Bonchev–Trinajstić information content (AvgIpc) is 2.57. The molecule has 1 saturated heterocycles. The van der Waals surface area contributed by atoms with Crippen LogP contribution in [0, 0.1) is 0 Å². The molecule has 1 aromatic carbocycles. The van der Waals surface area contributed by atoms with Crippen molar-refractivity contribution < 1.29 is 0 Å². The van der Waals surface area contributed by atoms with Crippen LogP contribution in [-0.4, -0.2) is 52.5 Å². The highest BCUT2D eigenvalue weighted by atomic mass is 35.5. The number of hydrogen-bond acceptors (Lipinski definition) is 4. The van der Waals surface area contributed by atoms with E-state index in [4.69, 9.17) is 0 Å². The molecule has 1 fully saturated rings. The van der Waals surface area contributed by atoms with Gasteiger partial charge in [0.05, 0.1) is 5.69 Å². The molecule has 0 unspecified atom stereocenters. The standard InChI is InChI=1S/C18H22N4O.ClH/c1-2-8-21-9-11-22(12-10-21)14-16-13-17(23)20-18(19-16)15-6-4-3-5-7-15;/h2-7,13H,1,8-12,14H2,(H,19,20,23);1H. The minimum atomic E-state index is -0.0980. The summed E-state index contributed by atoms with van der Waals surface area (Å²) in [5.74, 6) is 0.637. The first-order chi connectivity index (χ1) is 11.2. The van der Waals surface area contributed by atoms with E-state index in [-0.39, 0.29) is 18.0 Å². The zero-order valence-corrected chi connectivity index (χ0v) is 14.5. The first-order valence-electron chi connectivity index (χ1n) is 7.96. The molecule has 0 radical (unpaired) electrons. The highest BCUT2D eigenvalue weighted by Gasteiger charge is 2.16. The highest BCUT2D eigenvalue weighted by molar-refractivity contribution is 5.85. The van der Waals surface area contributed by atoms with Gasteiger partial charge in [-0.05, 0) is 0 Å². The van der Waals surface area contributed by atoms with Crippen LogP contribution in [-0.2, 0) is 6.54 Å². The molecule has 0 spiro atoms. The van der Waals surface area contributed by atoms with Gasteiger partial charge in [-0.15, -0.1) is 19.0 Å². The van der Waals surface area contributed by atoms with Crippen molar-refractivity contribution in [3.05, 3.63) is 65.1 Å². The van der Waals surface area contributed by atoms with Crippen LogP contribution in [0.25, 0.3) is 11.4 Å². The molecular formula is C18H23ClN4O. The highest BCUT2D eigenvalue weighted by Crippen LogP contribution is 2.13. The number of piperazine rings is 1. The third-order valence-electron chi connectivity index (χ3n) is 4.08. The second-order valence-electron chi connectivity index (χ2n) is 5.82. The summed E-state index contributed by atoms with van der Waals surface area (Å²) in [5, 5.41) is 0. The molecule has 0 atom stereocenters. The molecule has 2 aromatic rings. The number of nitrogens with zero attached hydrogens (tertiary/aromatic N) is 3. The fourth-order valence-electron chi connectivity index (χ4n) is 2.86. The van der Waals surface area contributed by atoms with Crippen LogP contribution in [0.2, 0.25) is 0 Å². The maximum Gasteiger partial charge on any atom is 0.251 e. The molecule has 0 saturated carbocycles. The van der Waals surface area contributed by atoms with Crippen molar-refractivity contribution in [3.8, 4) is 11.4 Å². The van der Waals surface area contributed by atoms with E-state index >= 15 is 0 Å². The van der Waals surface area contributed by atoms with Crippen molar-refractivity contribution in [2.45, 2.75) is 6.54 Å². The van der Waals surface area contributed by atoms with Gasteiger partial charge >= 0.3 is 0 Å². The van der Waals surface area contributed by atoms with Gasteiger partial charge in [0.2, 0.25) is 0 Å². The summed E-state index contributed by atoms with van der Waals surface area (Å²) in [6.07, 6.45) is 1.94. The summed E-state index contributed by atoms with van der Waals surface area (Å²) in [6, 6.07) is 11.4. The Kier molecular flexibility index (Phi) is 6.73. The molecule has 0 amide bonds. The van der Waals surface area contributed by atoms with Crippen LogP contribution < -0.4 is 5.56 Å². The van der Waals surface area contributed by atoms with Gasteiger partial charge in [0, 0.05) is 50.9 Å². The number of aromatic amines is 1. The lowest BCUT2D eigenvalue weighted by Crippen LogP contribution is -2.45. The van der Waals surface area contributed by atoms with Crippen LogP contribution in [0.5, 0.6) is 0 Å². The predicted molar refractivity (Wildman–Crippen MR) is 99.5 cm³/mol. The summed E-state index contributed by atoms with van der Waals surface area (Å²) >= 11 is 0. The fourth-order valence-corrected chi connectivity index (χ4v) is 2.86. The molecule has 1 N–H and O–H groups in total. The van der Waals surface area contributed by atoms with E-state index in [0.29, 0.717) is 12.4 Å². The van der Waals surface area contributed by atoms with Gasteiger partial charge in [-0.25, -0.2) is 4.98 Å². The van der Waals surface area contributed by atoms with Gasteiger partial charge in [-0.2, -0.15) is 0 Å². The molecule has 0 bridgehead atoms. The molecule has 128 valence electrons. The number of hydrogen-bond donors (Lipinski definition) is 1. The smallest absolute Gasteiger partial charge is 0.251 e. The number of aromatic nitrogens is 2. The summed E-state index contributed by atoms with van der Waals surface area (Å²) in [6.45, 7) is 9.48. The van der Waals surface area contributed by atoms with E-state index in [0.717, 1.165) is 44.0 Å². The maximum absolute atomic E-state index is 11.9. The molecular weight excluding hydrogens is 324 g/mol. The first-order valence-corrected chi connectivity index (χ1v) is 7.96. The normalized spacial score (nSPS) is 15.7. The molecule has 1 aliphatic heterocycles. The van der Waals surface area contributed by atoms with E-state index in [9.17, 15) is 4.79 Å². The van der Waals surface area contributed by atoms with Crippen LogP contribution in [0.3, 0.4) is 0 Å². The van der Waals surface area contributed by atoms with Crippen LogP contribution >= 0.6 is 12.4 Å². The predicted octanol–water partition coefficient (Wildman–Crippen LogP) is 2.16. The minimum absolute atomic E-state index is 0. The van der Waals surface area contributed by atoms with Crippen LogP contribution in [0.1, 0.15) is 5.69 Å². The zero-order valence-electron chi connectivity index (χ0n) is 13.6. The molecule has 1 aliphatic rings. The number of H-pyrrole nitrogens is 1. The van der Waals surface area contributed by atoms with E-state index < -0.39 is 0 Å². The Morgan fingerprint density at radius 3 is 2.46 bits per heavy atom. The molecule has 1 aromatic heterocycles. The lowest BCUT2D eigenvalue weighted by molar-refractivity contribution is 0.136. The Morgan fingerprint density at radius 1 is 1.12 bits per heavy atom. The van der Waals surface area contributed by atoms with Crippen molar-refractivity contribution >= 4 is 12.4 Å². The minimum Gasteiger partial charge on any atom is -0.307 e. The van der Waals surface area contributed by atoms with Gasteiger partial charge in [-0.1, -0.05) is 36.4 Å². The quantitative estimate of drug-likeness (QED) is 0.843. The zero-order chi connectivity index (χ0) is 16.1. The monoisotopic (exact) mass is 346 g/mol. The lowest BCUT2D eigenvalue weighted by Gasteiger charge is -2.33. The summed E-state index contributed by atoms with van der Waals surface area (Å²) < 4.78 is 0. The lowest BCUT2D eigenvalue weighted by atomic mass is 10.2. The topological polar surface area (TPSA) is 52.2 Å². The molecule has 5 nitrogen and oxygen atoms in total. The molecule has 2 heterocycles. The van der Waals surface area contributed by atoms with Crippen molar-refractivity contribution in [2.24, 2.45) is 0 Å². The Hall–Kier alpha value is -1.95. The molecule has 24 heavy (non-hydrogen) atoms. The number of halogens is 1. The van der Waals surface area contributed by atoms with E-state index in [1.54, 1.807) is 6.07 Å². The molecule has 3 rings (SSSR count). The van der Waals surface area contributed by atoms with Crippen LogP contribution in [0.4, 0.5) is 0 Å². The second kappa shape index (κ2) is 8.78. The van der Waals surface area contributed by atoms with Crippen molar-refractivity contribution in [2.75, 3.05) is 32.7 Å². The molecule has 0 aliphatic carbocycles. The number of rotatable bonds is 5. The van der Waals surface area contributed by atoms with Gasteiger partial charge in [0.25, 0.3) is 5.56 Å². The van der Waals surface area contributed by atoms with E-state index in [1.165, 1.54) is 0 Å². The van der Waals surface area contributed by atoms with Crippen molar-refractivity contribution in [3.63, 3.8) is 0 Å². The Balaban J connectivity index is 0.00000208. The Morgan fingerprint density at radius 2 is 1.79 bits per heavy atom. The summed E-state index contributed by atoms with van der Waals surface area (Å²) in [4.78, 5) is 24.1. The molecule has 6 heteroatoms. The number of benzene rings is 1. The van der Waals surface area contributed by atoms with Gasteiger partial charge in [0.15, 0.2) is 0 Å². The Labute approximate surface area is 148 Å².